The van der Waals surface area contributed by atoms with E-state index >= 15 is 0 Å². The number of halogens is 3. The minimum Gasteiger partial charge on any atom is -0.381 e. The molecule has 7 heteroatoms. The zero-order chi connectivity index (χ0) is 16.9. The molecule has 1 aromatic carbocycles. The number of hydrogen-bond donors (Lipinski definition) is 1. The van der Waals surface area contributed by atoms with Gasteiger partial charge in [-0.1, -0.05) is 0 Å². The fourth-order valence-electron chi connectivity index (χ4n) is 2.58. The smallest absolute Gasteiger partial charge is 0.381 e. The highest BCUT2D eigenvalue weighted by Gasteiger charge is 2.27. The monoisotopic (exact) mass is 330 g/mol. The molecule has 4 nitrogen and oxygen atoms in total. The van der Waals surface area contributed by atoms with Gasteiger partial charge in [0.2, 0.25) is 5.91 Å². The predicted octanol–water partition coefficient (Wildman–Crippen LogP) is 3.58. The highest BCUT2D eigenvalue weighted by Crippen LogP contribution is 2.24. The number of rotatable bonds is 5. The third-order valence-corrected chi connectivity index (χ3v) is 3.93. The molecule has 0 spiro atoms. The first-order chi connectivity index (χ1) is 10.9. The molecule has 2 rings (SSSR count). The molecule has 0 unspecified atom stereocenters. The number of alkyl halides is 3. The Hall–Kier alpha value is -1.76. The number of nitrogens with zero attached hydrogens (tertiary/aromatic N) is 1. The van der Waals surface area contributed by atoms with Crippen LogP contribution in [0.1, 0.15) is 25.7 Å². The first-order valence-electron chi connectivity index (χ1n) is 7.62. The number of carbonyl (C=O) groups is 1. The van der Waals surface area contributed by atoms with Crippen molar-refractivity contribution in [2.45, 2.75) is 38.0 Å². The van der Waals surface area contributed by atoms with Crippen molar-refractivity contribution in [2.24, 2.45) is 0 Å². The Morgan fingerprint density at radius 3 is 2.39 bits per heavy atom. The molecule has 1 aliphatic rings. The molecule has 0 aliphatic carbocycles. The number of piperidine rings is 1. The summed E-state index contributed by atoms with van der Waals surface area (Å²) in [6.07, 6.45) is -3.74. The number of carbonyl (C=O) groups excluding carboxylic acids is 1. The average Bonchev–Trinajstić information content (AvgIpc) is 2.53. The maximum absolute atomic E-state index is 12.1. The van der Waals surface area contributed by atoms with Gasteiger partial charge in [-0.15, -0.1) is 0 Å². The van der Waals surface area contributed by atoms with Crippen molar-refractivity contribution in [3.63, 3.8) is 0 Å². The fraction of sp³-hybridized carbons (Fsp3) is 0.562. The highest BCUT2D eigenvalue weighted by atomic mass is 19.4. The Bertz CT molecular complexity index is 509. The predicted molar refractivity (Wildman–Crippen MR) is 82.6 cm³/mol. The van der Waals surface area contributed by atoms with Crippen LogP contribution in [0, 0.1) is 0 Å². The van der Waals surface area contributed by atoms with Crippen LogP contribution in [0.5, 0.6) is 0 Å². The fourth-order valence-corrected chi connectivity index (χ4v) is 2.58. The quantitative estimate of drug-likeness (QED) is 0.897. The minimum atomic E-state index is -4.31. The maximum atomic E-state index is 12.1. The number of methoxy groups -OCH3 is 1. The Morgan fingerprint density at radius 1 is 1.26 bits per heavy atom. The summed E-state index contributed by atoms with van der Waals surface area (Å²) in [6, 6.07) is 7.16. The van der Waals surface area contributed by atoms with Crippen LogP contribution in [0.4, 0.5) is 24.5 Å². The van der Waals surface area contributed by atoms with Gasteiger partial charge in [0.1, 0.15) is 0 Å². The van der Waals surface area contributed by atoms with E-state index in [1.807, 2.05) is 12.1 Å². The third-order valence-electron chi connectivity index (χ3n) is 3.93. The van der Waals surface area contributed by atoms with E-state index in [2.05, 4.69) is 10.2 Å². The lowest BCUT2D eigenvalue weighted by Gasteiger charge is -2.33. The van der Waals surface area contributed by atoms with Gasteiger partial charge in [0.15, 0.2) is 0 Å². The van der Waals surface area contributed by atoms with Gasteiger partial charge in [-0.05, 0) is 37.1 Å². The van der Waals surface area contributed by atoms with Crippen molar-refractivity contribution in [3.8, 4) is 0 Å². The lowest BCUT2D eigenvalue weighted by Crippen LogP contribution is -2.36. The summed E-state index contributed by atoms with van der Waals surface area (Å²) in [5.74, 6) is -0.629. The lowest BCUT2D eigenvalue weighted by molar-refractivity contribution is -0.142. The maximum Gasteiger partial charge on any atom is 0.389 e. The topological polar surface area (TPSA) is 41.6 Å². The highest BCUT2D eigenvalue weighted by molar-refractivity contribution is 5.90. The van der Waals surface area contributed by atoms with Crippen LogP contribution in [0.25, 0.3) is 0 Å². The van der Waals surface area contributed by atoms with Crippen LogP contribution < -0.4 is 10.2 Å². The molecule has 1 N–H and O–H groups in total. The van der Waals surface area contributed by atoms with Crippen molar-refractivity contribution < 1.29 is 22.7 Å². The van der Waals surface area contributed by atoms with Gasteiger partial charge in [-0.3, -0.25) is 4.79 Å². The molecule has 0 atom stereocenters. The number of hydrogen-bond acceptors (Lipinski definition) is 3. The number of benzene rings is 1. The van der Waals surface area contributed by atoms with Crippen molar-refractivity contribution >= 4 is 17.3 Å². The standard InChI is InChI=1S/C16H21F3N2O2/c1-23-14-7-10-21(11-8-14)13-4-2-12(3-5-13)20-15(22)6-9-16(17,18)19/h2-5,14H,6-11H2,1H3,(H,20,22). The van der Waals surface area contributed by atoms with Gasteiger partial charge in [0.05, 0.1) is 12.5 Å². The van der Waals surface area contributed by atoms with E-state index in [1.54, 1.807) is 19.2 Å². The molecule has 0 bridgehead atoms. The number of ether oxygens (including phenoxy) is 1. The summed E-state index contributed by atoms with van der Waals surface area (Å²) in [4.78, 5) is 13.7. The molecule has 1 heterocycles. The third kappa shape index (κ3) is 5.74. The molecule has 0 aromatic heterocycles. The summed E-state index contributed by atoms with van der Waals surface area (Å²) in [7, 11) is 1.72. The van der Waals surface area contributed by atoms with Crippen LogP contribution in [0.2, 0.25) is 0 Å². The zero-order valence-corrected chi connectivity index (χ0v) is 13.0. The molecule has 1 fully saturated rings. The summed E-state index contributed by atoms with van der Waals surface area (Å²) in [6.45, 7) is 1.80. The molecule has 0 radical (unpaired) electrons. The van der Waals surface area contributed by atoms with E-state index in [4.69, 9.17) is 4.74 Å². The van der Waals surface area contributed by atoms with E-state index in [0.29, 0.717) is 11.8 Å². The van der Waals surface area contributed by atoms with Crippen molar-refractivity contribution in [2.75, 3.05) is 30.4 Å². The van der Waals surface area contributed by atoms with E-state index < -0.39 is 24.9 Å². The van der Waals surface area contributed by atoms with Gasteiger partial charge in [-0.2, -0.15) is 13.2 Å². The molecule has 1 amide bonds. The van der Waals surface area contributed by atoms with Crippen molar-refractivity contribution in [1.82, 2.24) is 0 Å². The Morgan fingerprint density at radius 2 is 1.87 bits per heavy atom. The molecule has 23 heavy (non-hydrogen) atoms. The van der Waals surface area contributed by atoms with E-state index in [-0.39, 0.29) is 0 Å². The summed E-state index contributed by atoms with van der Waals surface area (Å²) in [5, 5.41) is 2.48. The van der Waals surface area contributed by atoms with Crippen LogP contribution in [-0.4, -0.2) is 38.4 Å². The largest absolute Gasteiger partial charge is 0.389 e. The van der Waals surface area contributed by atoms with Gasteiger partial charge in [0.25, 0.3) is 0 Å². The van der Waals surface area contributed by atoms with Crippen molar-refractivity contribution in [3.05, 3.63) is 24.3 Å². The average molecular weight is 330 g/mol. The molecule has 1 saturated heterocycles. The Kier molecular flexibility index (Phi) is 5.87. The SMILES string of the molecule is COC1CCN(c2ccc(NC(=O)CCC(F)(F)F)cc2)CC1. The zero-order valence-electron chi connectivity index (χ0n) is 13.0. The molecular weight excluding hydrogens is 309 g/mol. The molecule has 1 aliphatic heterocycles. The van der Waals surface area contributed by atoms with E-state index in [9.17, 15) is 18.0 Å². The minimum absolute atomic E-state index is 0.304. The number of nitrogens with one attached hydrogen (secondary N) is 1. The lowest BCUT2D eigenvalue weighted by atomic mass is 10.1. The molecule has 0 saturated carbocycles. The molecule has 128 valence electrons. The second kappa shape index (κ2) is 7.68. The first kappa shape index (κ1) is 17.6. The van der Waals surface area contributed by atoms with Crippen LogP contribution >= 0.6 is 0 Å². The van der Waals surface area contributed by atoms with Gasteiger partial charge >= 0.3 is 6.18 Å². The second-order valence-corrected chi connectivity index (χ2v) is 5.63. The van der Waals surface area contributed by atoms with Gasteiger partial charge < -0.3 is 15.0 Å². The number of anilines is 2. The van der Waals surface area contributed by atoms with Crippen LogP contribution in [0.3, 0.4) is 0 Å². The summed E-state index contributed by atoms with van der Waals surface area (Å²) < 4.78 is 41.5. The Labute approximate surface area is 133 Å². The molecular formula is C16H21F3N2O2. The van der Waals surface area contributed by atoms with Gasteiger partial charge in [-0.25, -0.2) is 0 Å². The van der Waals surface area contributed by atoms with Crippen LogP contribution in [0.15, 0.2) is 24.3 Å². The summed E-state index contributed by atoms with van der Waals surface area (Å²) >= 11 is 0. The van der Waals surface area contributed by atoms with E-state index in [1.165, 1.54) is 0 Å². The van der Waals surface area contributed by atoms with E-state index in [0.717, 1.165) is 31.6 Å². The molecule has 1 aromatic rings. The Balaban J connectivity index is 1.84. The van der Waals surface area contributed by atoms with Crippen LogP contribution in [-0.2, 0) is 9.53 Å². The van der Waals surface area contributed by atoms with Gasteiger partial charge in [0, 0.05) is 38.0 Å². The van der Waals surface area contributed by atoms with Crippen molar-refractivity contribution in [1.29, 1.82) is 0 Å². The summed E-state index contributed by atoms with van der Waals surface area (Å²) in [5.41, 5.74) is 1.54. The normalized spacial score (nSPS) is 16.4. The number of amides is 1. The second-order valence-electron chi connectivity index (χ2n) is 5.63. The first-order valence-corrected chi connectivity index (χ1v) is 7.62.